The monoisotopic (exact) mass is 443 g/mol. The zero-order chi connectivity index (χ0) is 23.0. The minimum Gasteiger partial charge on any atom is -0.371 e. The number of nitrogens with one attached hydrogen (secondary N) is 1. The molecule has 0 unspecified atom stereocenters. The highest BCUT2D eigenvalue weighted by atomic mass is 19.4. The number of amides is 1. The van der Waals surface area contributed by atoms with Gasteiger partial charge in [0.15, 0.2) is 0 Å². The Morgan fingerprint density at radius 3 is 1.97 bits per heavy atom. The number of rotatable bonds is 5. The van der Waals surface area contributed by atoms with Gasteiger partial charge in [-0.05, 0) is 49.2 Å². The summed E-state index contributed by atoms with van der Waals surface area (Å²) in [5.74, 6) is -0.335. The van der Waals surface area contributed by atoms with Crippen molar-refractivity contribution in [3.63, 3.8) is 0 Å². The first-order chi connectivity index (χ1) is 14.3. The molecule has 3 rings (SSSR count). The number of benzene rings is 2. The maximum Gasteiger partial charge on any atom is 0.416 e. The molecule has 0 radical (unpaired) electrons. The maximum absolute atomic E-state index is 13.1. The lowest BCUT2D eigenvalue weighted by atomic mass is 9.91. The van der Waals surface area contributed by atoms with E-state index >= 15 is 0 Å². The lowest BCUT2D eigenvalue weighted by molar-refractivity contribution is -0.143. The molecule has 31 heavy (non-hydrogen) atoms. The molecule has 1 aliphatic rings. The number of hydrogen-bond acceptors (Lipinski definition) is 2. The van der Waals surface area contributed by atoms with Crippen LogP contribution in [0.5, 0.6) is 0 Å². The van der Waals surface area contributed by atoms with Gasteiger partial charge in [0.2, 0.25) is 5.91 Å². The smallest absolute Gasteiger partial charge is 0.371 e. The maximum atomic E-state index is 13.1. The van der Waals surface area contributed by atoms with E-state index in [1.54, 1.807) is 43.3 Å². The van der Waals surface area contributed by atoms with Crippen molar-refractivity contribution in [3.05, 3.63) is 82.4 Å². The summed E-state index contributed by atoms with van der Waals surface area (Å²) in [5, 5.41) is 2.80. The van der Waals surface area contributed by atoms with E-state index in [9.17, 15) is 31.1 Å². The summed E-state index contributed by atoms with van der Waals surface area (Å²) >= 11 is 0. The molecule has 0 spiro atoms. The number of alkyl halides is 6. The molecule has 2 aromatic rings. The van der Waals surface area contributed by atoms with Gasteiger partial charge in [-0.2, -0.15) is 26.3 Å². The number of carbonyl (C=O) groups is 1. The molecule has 0 aliphatic carbocycles. The van der Waals surface area contributed by atoms with Crippen LogP contribution in [0.15, 0.2) is 60.2 Å². The third-order valence-electron chi connectivity index (χ3n) is 5.09. The van der Waals surface area contributed by atoms with Gasteiger partial charge in [0.25, 0.3) is 0 Å². The average Bonchev–Trinajstić information content (AvgIpc) is 3.00. The Labute approximate surface area is 174 Å². The van der Waals surface area contributed by atoms with Gasteiger partial charge in [-0.3, -0.25) is 4.79 Å². The second-order valence-corrected chi connectivity index (χ2v) is 7.41. The zero-order valence-corrected chi connectivity index (χ0v) is 16.6. The van der Waals surface area contributed by atoms with Crippen molar-refractivity contribution in [1.82, 2.24) is 5.32 Å². The highest BCUT2D eigenvalue weighted by Crippen LogP contribution is 2.38. The lowest BCUT2D eigenvalue weighted by Crippen LogP contribution is -2.43. The van der Waals surface area contributed by atoms with E-state index in [-0.39, 0.29) is 24.1 Å². The van der Waals surface area contributed by atoms with Crippen LogP contribution in [0.3, 0.4) is 0 Å². The largest absolute Gasteiger partial charge is 0.416 e. The summed E-state index contributed by atoms with van der Waals surface area (Å²) in [5.41, 5.74) is -3.06. The Morgan fingerprint density at radius 2 is 1.52 bits per heavy atom. The third-order valence-corrected chi connectivity index (χ3v) is 5.09. The van der Waals surface area contributed by atoms with Crippen LogP contribution >= 0.6 is 0 Å². The molecular formula is C22H19F6NO2. The fourth-order valence-corrected chi connectivity index (χ4v) is 3.39. The first kappa shape index (κ1) is 22.9. The van der Waals surface area contributed by atoms with E-state index in [2.05, 4.69) is 5.32 Å². The van der Waals surface area contributed by atoms with E-state index in [1.165, 1.54) is 6.92 Å². The van der Waals surface area contributed by atoms with Crippen LogP contribution < -0.4 is 5.32 Å². The van der Waals surface area contributed by atoms with Crippen LogP contribution in [-0.4, -0.2) is 12.5 Å². The van der Waals surface area contributed by atoms with E-state index < -0.39 is 35.1 Å². The first-order valence-corrected chi connectivity index (χ1v) is 9.30. The molecule has 0 saturated carbocycles. The Hall–Kier alpha value is -2.81. The molecule has 0 saturated heterocycles. The molecule has 1 aliphatic heterocycles. The number of halogens is 6. The predicted octanol–water partition coefficient (Wildman–Crippen LogP) is 5.77. The SMILES string of the molecule is CC1=C[C@@](CO[C@H](C)c2cc(C(F)(F)F)cc(C(F)(F)F)c2)(c2ccccc2)NC1=O. The minimum absolute atomic E-state index is 0.0744. The van der Waals surface area contributed by atoms with Gasteiger partial charge in [0, 0.05) is 5.57 Å². The molecule has 1 heterocycles. The molecule has 9 heteroatoms. The van der Waals surface area contributed by atoms with Crippen LogP contribution in [0.4, 0.5) is 26.3 Å². The van der Waals surface area contributed by atoms with E-state index in [0.29, 0.717) is 23.3 Å². The van der Waals surface area contributed by atoms with Gasteiger partial charge in [-0.25, -0.2) is 0 Å². The predicted molar refractivity (Wildman–Crippen MR) is 101 cm³/mol. The fourth-order valence-electron chi connectivity index (χ4n) is 3.39. The summed E-state index contributed by atoms with van der Waals surface area (Å²) < 4.78 is 84.5. The van der Waals surface area contributed by atoms with Crippen molar-refractivity contribution in [2.75, 3.05) is 6.61 Å². The minimum atomic E-state index is -4.94. The van der Waals surface area contributed by atoms with Gasteiger partial charge in [0.1, 0.15) is 5.54 Å². The number of carbonyl (C=O) groups excluding carboxylic acids is 1. The second-order valence-electron chi connectivity index (χ2n) is 7.41. The number of hydrogen-bond donors (Lipinski definition) is 1. The van der Waals surface area contributed by atoms with Crippen LogP contribution in [0.1, 0.15) is 42.2 Å². The molecule has 1 N–H and O–H groups in total. The van der Waals surface area contributed by atoms with Crippen molar-refractivity contribution in [3.8, 4) is 0 Å². The normalized spacial score (nSPS) is 20.4. The van der Waals surface area contributed by atoms with Crippen LogP contribution in [0.2, 0.25) is 0 Å². The quantitative estimate of drug-likeness (QED) is 0.596. The fraction of sp³-hybridized carbons (Fsp3) is 0.318. The summed E-state index contributed by atoms with van der Waals surface area (Å²) in [4.78, 5) is 12.1. The zero-order valence-electron chi connectivity index (χ0n) is 16.6. The second kappa shape index (κ2) is 8.03. The summed E-state index contributed by atoms with van der Waals surface area (Å²) in [6.45, 7) is 2.78. The topological polar surface area (TPSA) is 38.3 Å². The van der Waals surface area contributed by atoms with Crippen LogP contribution in [-0.2, 0) is 27.4 Å². The van der Waals surface area contributed by atoms with Gasteiger partial charge >= 0.3 is 12.4 Å². The van der Waals surface area contributed by atoms with Crippen molar-refractivity contribution in [2.45, 2.75) is 37.8 Å². The van der Waals surface area contributed by atoms with Crippen molar-refractivity contribution < 1.29 is 35.9 Å². The Morgan fingerprint density at radius 1 is 0.968 bits per heavy atom. The number of ether oxygens (including phenoxy) is 1. The highest BCUT2D eigenvalue weighted by molar-refractivity contribution is 5.96. The summed E-state index contributed by atoms with van der Waals surface area (Å²) in [6.07, 6.45) is -9.35. The van der Waals surface area contributed by atoms with Gasteiger partial charge < -0.3 is 10.1 Å². The molecule has 2 aromatic carbocycles. The van der Waals surface area contributed by atoms with E-state index in [1.807, 2.05) is 0 Å². The molecule has 166 valence electrons. The van der Waals surface area contributed by atoms with Gasteiger partial charge in [-0.15, -0.1) is 0 Å². The standard InChI is InChI=1S/C22H19F6NO2/c1-13-11-20(29-19(13)30,16-6-4-3-5-7-16)12-31-14(2)15-8-17(21(23,24)25)10-18(9-15)22(26,27)28/h3-11,14H,12H2,1-2H3,(H,29,30)/t14-,20-/m1/s1. The Balaban J connectivity index is 1.92. The first-order valence-electron chi connectivity index (χ1n) is 9.30. The van der Waals surface area contributed by atoms with Crippen LogP contribution in [0, 0.1) is 0 Å². The lowest BCUT2D eigenvalue weighted by Gasteiger charge is -2.30. The molecule has 3 nitrogen and oxygen atoms in total. The van der Waals surface area contributed by atoms with E-state index in [4.69, 9.17) is 4.74 Å². The molecule has 2 atom stereocenters. The summed E-state index contributed by atoms with van der Waals surface area (Å²) in [7, 11) is 0. The molecule has 0 fully saturated rings. The molecule has 0 aromatic heterocycles. The van der Waals surface area contributed by atoms with Crippen molar-refractivity contribution in [1.29, 1.82) is 0 Å². The molecular weight excluding hydrogens is 424 g/mol. The average molecular weight is 443 g/mol. The van der Waals surface area contributed by atoms with Gasteiger partial charge in [-0.1, -0.05) is 30.3 Å². The molecule has 1 amide bonds. The van der Waals surface area contributed by atoms with Crippen molar-refractivity contribution in [2.24, 2.45) is 0 Å². The third kappa shape index (κ3) is 4.92. The van der Waals surface area contributed by atoms with Crippen LogP contribution in [0.25, 0.3) is 0 Å². The summed E-state index contributed by atoms with van der Waals surface area (Å²) in [6, 6.07) is 10.1. The highest BCUT2D eigenvalue weighted by Gasteiger charge is 2.40. The molecule has 0 bridgehead atoms. The Bertz CT molecular complexity index is 965. The van der Waals surface area contributed by atoms with Gasteiger partial charge in [0.05, 0.1) is 23.8 Å². The van der Waals surface area contributed by atoms with E-state index in [0.717, 1.165) is 0 Å². The van der Waals surface area contributed by atoms with Crippen molar-refractivity contribution >= 4 is 5.91 Å². The Kier molecular flexibility index (Phi) is 5.92.